The van der Waals surface area contributed by atoms with Gasteiger partial charge in [-0.1, -0.05) is 6.42 Å². The van der Waals surface area contributed by atoms with Gasteiger partial charge in [0.1, 0.15) is 0 Å². The van der Waals surface area contributed by atoms with Gasteiger partial charge in [-0.25, -0.2) is 0 Å². The lowest BCUT2D eigenvalue weighted by Gasteiger charge is -2.25. The second kappa shape index (κ2) is 4.97. The smallest absolute Gasteiger partial charge is 0.0235 e. The highest BCUT2D eigenvalue weighted by Crippen LogP contribution is 2.24. The standard InChI is InChI=1S/C8H16ClN/c9-5-2-6-10-7-8-3-1-4-8/h8,10H,1-7H2. The second-order valence-corrected chi connectivity index (χ2v) is 3.42. The minimum Gasteiger partial charge on any atom is -0.316 e. The molecule has 0 atom stereocenters. The molecule has 0 aromatic carbocycles. The summed E-state index contributed by atoms with van der Waals surface area (Å²) in [4.78, 5) is 0. The topological polar surface area (TPSA) is 12.0 Å². The average Bonchev–Trinajstić information content (AvgIpc) is 1.84. The van der Waals surface area contributed by atoms with Crippen LogP contribution in [0.2, 0.25) is 0 Å². The Bertz CT molecular complexity index is 81.3. The van der Waals surface area contributed by atoms with E-state index < -0.39 is 0 Å². The molecule has 0 heterocycles. The molecule has 0 aliphatic heterocycles. The number of rotatable bonds is 5. The van der Waals surface area contributed by atoms with Gasteiger partial charge in [-0.05, 0) is 38.3 Å². The fourth-order valence-corrected chi connectivity index (χ4v) is 1.33. The van der Waals surface area contributed by atoms with E-state index in [0.717, 1.165) is 24.8 Å². The van der Waals surface area contributed by atoms with Gasteiger partial charge in [0.25, 0.3) is 0 Å². The first-order valence-electron chi connectivity index (χ1n) is 4.20. The van der Waals surface area contributed by atoms with Crippen molar-refractivity contribution in [1.82, 2.24) is 5.32 Å². The van der Waals surface area contributed by atoms with Gasteiger partial charge >= 0.3 is 0 Å². The third kappa shape index (κ3) is 2.89. The van der Waals surface area contributed by atoms with Gasteiger partial charge < -0.3 is 5.32 Å². The molecular formula is C8H16ClN. The van der Waals surface area contributed by atoms with Crippen molar-refractivity contribution in [2.24, 2.45) is 5.92 Å². The predicted molar refractivity (Wildman–Crippen MR) is 45.5 cm³/mol. The summed E-state index contributed by atoms with van der Waals surface area (Å²) in [6, 6.07) is 0. The number of nitrogens with one attached hydrogen (secondary N) is 1. The summed E-state index contributed by atoms with van der Waals surface area (Å²) in [5.41, 5.74) is 0. The van der Waals surface area contributed by atoms with Crippen LogP contribution in [-0.2, 0) is 0 Å². The molecule has 0 spiro atoms. The Hall–Kier alpha value is 0.250. The van der Waals surface area contributed by atoms with Crippen LogP contribution in [0.4, 0.5) is 0 Å². The van der Waals surface area contributed by atoms with Crippen LogP contribution in [0.15, 0.2) is 0 Å². The first kappa shape index (κ1) is 8.35. The molecule has 1 aliphatic rings. The van der Waals surface area contributed by atoms with Crippen molar-refractivity contribution in [3.8, 4) is 0 Å². The SMILES string of the molecule is ClCCCNCC1CCC1. The summed E-state index contributed by atoms with van der Waals surface area (Å²) in [5.74, 6) is 1.77. The fraction of sp³-hybridized carbons (Fsp3) is 1.00. The largest absolute Gasteiger partial charge is 0.316 e. The summed E-state index contributed by atoms with van der Waals surface area (Å²) < 4.78 is 0. The Morgan fingerprint density at radius 1 is 1.40 bits per heavy atom. The molecule has 2 heteroatoms. The zero-order valence-corrected chi connectivity index (χ0v) is 7.16. The van der Waals surface area contributed by atoms with E-state index in [9.17, 15) is 0 Å². The quantitative estimate of drug-likeness (QED) is 0.481. The van der Waals surface area contributed by atoms with Gasteiger partial charge in [0.15, 0.2) is 0 Å². The number of hydrogen-bond donors (Lipinski definition) is 1. The second-order valence-electron chi connectivity index (χ2n) is 3.04. The molecule has 0 aromatic heterocycles. The van der Waals surface area contributed by atoms with Crippen LogP contribution in [0.3, 0.4) is 0 Å². The Labute approximate surface area is 68.1 Å². The third-order valence-corrected chi connectivity index (χ3v) is 2.41. The van der Waals surface area contributed by atoms with E-state index in [-0.39, 0.29) is 0 Å². The summed E-state index contributed by atoms with van der Waals surface area (Å²) in [6.07, 6.45) is 5.43. The first-order chi connectivity index (χ1) is 4.93. The van der Waals surface area contributed by atoms with Crippen LogP contribution in [0.25, 0.3) is 0 Å². The van der Waals surface area contributed by atoms with E-state index in [0.29, 0.717) is 0 Å². The lowest BCUT2D eigenvalue weighted by Crippen LogP contribution is -2.28. The van der Waals surface area contributed by atoms with Crippen LogP contribution in [0.5, 0.6) is 0 Å². The van der Waals surface area contributed by atoms with Crippen LogP contribution in [0.1, 0.15) is 25.7 Å². The van der Waals surface area contributed by atoms with E-state index in [1.807, 2.05) is 0 Å². The first-order valence-corrected chi connectivity index (χ1v) is 4.73. The molecule has 60 valence electrons. The minimum absolute atomic E-state index is 0.789. The highest BCUT2D eigenvalue weighted by Gasteiger charge is 2.15. The molecule has 1 rings (SSSR count). The Balaban J connectivity index is 1.76. The highest BCUT2D eigenvalue weighted by molar-refractivity contribution is 6.17. The Morgan fingerprint density at radius 3 is 2.70 bits per heavy atom. The molecule has 1 nitrogen and oxygen atoms in total. The molecule has 10 heavy (non-hydrogen) atoms. The summed E-state index contributed by atoms with van der Waals surface area (Å²) in [5, 5.41) is 3.40. The van der Waals surface area contributed by atoms with E-state index >= 15 is 0 Å². The molecule has 0 bridgehead atoms. The van der Waals surface area contributed by atoms with Crippen LogP contribution in [0, 0.1) is 5.92 Å². The van der Waals surface area contributed by atoms with Gasteiger partial charge in [-0.15, -0.1) is 11.6 Å². The van der Waals surface area contributed by atoms with Crippen molar-refractivity contribution < 1.29 is 0 Å². The van der Waals surface area contributed by atoms with Gasteiger partial charge in [-0.2, -0.15) is 0 Å². The number of hydrogen-bond acceptors (Lipinski definition) is 1. The summed E-state index contributed by atoms with van der Waals surface area (Å²) in [7, 11) is 0. The zero-order valence-electron chi connectivity index (χ0n) is 6.41. The van der Waals surface area contributed by atoms with Crippen LogP contribution in [-0.4, -0.2) is 19.0 Å². The van der Waals surface area contributed by atoms with E-state index in [4.69, 9.17) is 11.6 Å². The van der Waals surface area contributed by atoms with Crippen molar-refractivity contribution in [2.75, 3.05) is 19.0 Å². The van der Waals surface area contributed by atoms with Gasteiger partial charge in [0.2, 0.25) is 0 Å². The Kier molecular flexibility index (Phi) is 4.15. The number of halogens is 1. The van der Waals surface area contributed by atoms with Crippen molar-refractivity contribution in [3.63, 3.8) is 0 Å². The fourth-order valence-electron chi connectivity index (χ4n) is 1.19. The van der Waals surface area contributed by atoms with Crippen LogP contribution >= 0.6 is 11.6 Å². The van der Waals surface area contributed by atoms with Crippen molar-refractivity contribution in [2.45, 2.75) is 25.7 Å². The van der Waals surface area contributed by atoms with E-state index in [1.54, 1.807) is 0 Å². The maximum Gasteiger partial charge on any atom is 0.0235 e. The minimum atomic E-state index is 0.789. The normalized spacial score (nSPS) is 18.9. The summed E-state index contributed by atoms with van der Waals surface area (Å²) in [6.45, 7) is 2.32. The lowest BCUT2D eigenvalue weighted by atomic mass is 9.85. The molecule has 1 aliphatic carbocycles. The van der Waals surface area contributed by atoms with Crippen molar-refractivity contribution in [1.29, 1.82) is 0 Å². The van der Waals surface area contributed by atoms with Gasteiger partial charge in [0.05, 0.1) is 0 Å². The molecule has 1 saturated carbocycles. The molecule has 0 radical (unpaired) electrons. The zero-order chi connectivity index (χ0) is 7.23. The highest BCUT2D eigenvalue weighted by atomic mass is 35.5. The molecule has 1 N–H and O–H groups in total. The van der Waals surface area contributed by atoms with Gasteiger partial charge in [-0.3, -0.25) is 0 Å². The molecule has 0 unspecified atom stereocenters. The molecule has 0 amide bonds. The monoisotopic (exact) mass is 161 g/mol. The van der Waals surface area contributed by atoms with Gasteiger partial charge in [0, 0.05) is 5.88 Å². The van der Waals surface area contributed by atoms with Crippen LogP contribution < -0.4 is 5.32 Å². The molecule has 1 fully saturated rings. The van der Waals surface area contributed by atoms with E-state index in [1.165, 1.54) is 25.8 Å². The lowest BCUT2D eigenvalue weighted by molar-refractivity contribution is 0.302. The molecule has 0 saturated heterocycles. The maximum absolute atomic E-state index is 5.52. The summed E-state index contributed by atoms with van der Waals surface area (Å²) >= 11 is 5.52. The Morgan fingerprint density at radius 2 is 2.20 bits per heavy atom. The number of alkyl halides is 1. The average molecular weight is 162 g/mol. The molecular weight excluding hydrogens is 146 g/mol. The maximum atomic E-state index is 5.52. The third-order valence-electron chi connectivity index (χ3n) is 2.14. The molecule has 0 aromatic rings. The van der Waals surface area contributed by atoms with E-state index in [2.05, 4.69) is 5.32 Å². The van der Waals surface area contributed by atoms with Crippen molar-refractivity contribution in [3.05, 3.63) is 0 Å². The predicted octanol–water partition coefficient (Wildman–Crippen LogP) is 2.00. The van der Waals surface area contributed by atoms with Crippen molar-refractivity contribution >= 4 is 11.6 Å².